The van der Waals surface area contributed by atoms with E-state index >= 15 is 0 Å². The molecule has 0 atom stereocenters. The van der Waals surface area contributed by atoms with Crippen LogP contribution in [0.5, 0.6) is 0 Å². The average molecular weight is 280 g/mol. The number of alkyl halides is 3. The summed E-state index contributed by atoms with van der Waals surface area (Å²) in [6, 6.07) is 9.30. The van der Waals surface area contributed by atoms with Gasteiger partial charge in [-0.2, -0.15) is 13.2 Å². The van der Waals surface area contributed by atoms with Gasteiger partial charge in [0.1, 0.15) is 11.3 Å². The van der Waals surface area contributed by atoms with Crippen LogP contribution in [0.4, 0.5) is 17.6 Å². The number of hydrogen-bond acceptors (Lipinski definition) is 1. The molecule has 6 heteroatoms. The SMILES string of the molecule is Fc1cccc2[nH]c(-c3ccccc3C(F)(F)F)nc12. The molecule has 0 bridgehead atoms. The second-order valence-electron chi connectivity index (χ2n) is 4.26. The monoisotopic (exact) mass is 280 g/mol. The van der Waals surface area contributed by atoms with E-state index in [-0.39, 0.29) is 16.9 Å². The van der Waals surface area contributed by atoms with Gasteiger partial charge in [0.05, 0.1) is 11.1 Å². The van der Waals surface area contributed by atoms with Crippen molar-refractivity contribution >= 4 is 11.0 Å². The van der Waals surface area contributed by atoms with E-state index in [4.69, 9.17) is 0 Å². The zero-order chi connectivity index (χ0) is 14.3. The van der Waals surface area contributed by atoms with E-state index in [2.05, 4.69) is 9.97 Å². The Bertz CT molecular complexity index is 774. The van der Waals surface area contributed by atoms with Crippen LogP contribution in [0.1, 0.15) is 5.56 Å². The fourth-order valence-electron chi connectivity index (χ4n) is 2.06. The van der Waals surface area contributed by atoms with E-state index in [1.54, 1.807) is 6.07 Å². The van der Waals surface area contributed by atoms with Gasteiger partial charge in [0.15, 0.2) is 5.82 Å². The van der Waals surface area contributed by atoms with E-state index in [1.807, 2.05) is 0 Å². The topological polar surface area (TPSA) is 28.7 Å². The molecule has 0 aliphatic carbocycles. The van der Waals surface area contributed by atoms with Crippen LogP contribution in [0.15, 0.2) is 42.5 Å². The molecule has 2 nitrogen and oxygen atoms in total. The molecule has 0 spiro atoms. The van der Waals surface area contributed by atoms with E-state index < -0.39 is 17.6 Å². The lowest BCUT2D eigenvalue weighted by Gasteiger charge is -2.10. The number of aromatic amines is 1. The van der Waals surface area contributed by atoms with Gasteiger partial charge in [0, 0.05) is 5.56 Å². The molecule has 0 unspecified atom stereocenters. The Kier molecular flexibility index (Phi) is 2.74. The molecule has 1 aromatic heterocycles. The smallest absolute Gasteiger partial charge is 0.338 e. The van der Waals surface area contributed by atoms with Crippen molar-refractivity contribution < 1.29 is 17.6 Å². The number of nitrogens with one attached hydrogen (secondary N) is 1. The maximum Gasteiger partial charge on any atom is 0.417 e. The summed E-state index contributed by atoms with van der Waals surface area (Å²) in [5, 5.41) is 0. The van der Waals surface area contributed by atoms with Crippen LogP contribution in [0, 0.1) is 5.82 Å². The molecular weight excluding hydrogens is 272 g/mol. The minimum absolute atomic E-state index is 0.00183. The van der Waals surface area contributed by atoms with Gasteiger partial charge < -0.3 is 4.98 Å². The van der Waals surface area contributed by atoms with Crippen LogP contribution in [0.25, 0.3) is 22.4 Å². The van der Waals surface area contributed by atoms with Gasteiger partial charge in [0.2, 0.25) is 0 Å². The van der Waals surface area contributed by atoms with Crippen LogP contribution in [-0.2, 0) is 6.18 Å². The Labute approximate surface area is 111 Å². The second-order valence-corrected chi connectivity index (χ2v) is 4.26. The Balaban J connectivity index is 2.24. The first-order valence-electron chi connectivity index (χ1n) is 5.77. The summed E-state index contributed by atoms with van der Waals surface area (Å²) in [4.78, 5) is 6.64. The number of aromatic nitrogens is 2. The number of hydrogen-bond donors (Lipinski definition) is 1. The summed E-state index contributed by atoms with van der Waals surface area (Å²) >= 11 is 0. The molecule has 0 aliphatic heterocycles. The van der Waals surface area contributed by atoms with E-state index in [9.17, 15) is 17.6 Å². The summed E-state index contributed by atoms with van der Waals surface area (Å²) in [5.41, 5.74) is -0.522. The first-order valence-corrected chi connectivity index (χ1v) is 5.77. The van der Waals surface area contributed by atoms with Crippen molar-refractivity contribution in [3.05, 3.63) is 53.8 Å². The molecule has 0 fully saturated rings. The zero-order valence-electron chi connectivity index (χ0n) is 10.0. The zero-order valence-corrected chi connectivity index (χ0v) is 10.0. The molecule has 20 heavy (non-hydrogen) atoms. The van der Waals surface area contributed by atoms with Crippen molar-refractivity contribution in [3.63, 3.8) is 0 Å². The Morgan fingerprint density at radius 1 is 0.950 bits per heavy atom. The van der Waals surface area contributed by atoms with Gasteiger partial charge in [-0.05, 0) is 18.2 Å². The maximum absolute atomic E-state index is 13.5. The largest absolute Gasteiger partial charge is 0.417 e. The molecule has 2 aromatic carbocycles. The number of benzene rings is 2. The average Bonchev–Trinajstić information content (AvgIpc) is 2.83. The quantitative estimate of drug-likeness (QED) is 0.658. The number of H-pyrrole nitrogens is 1. The van der Waals surface area contributed by atoms with Gasteiger partial charge >= 0.3 is 6.18 Å². The fourth-order valence-corrected chi connectivity index (χ4v) is 2.06. The summed E-state index contributed by atoms with van der Waals surface area (Å²) in [7, 11) is 0. The molecule has 1 N–H and O–H groups in total. The molecule has 0 amide bonds. The molecular formula is C14H8F4N2. The fraction of sp³-hybridized carbons (Fsp3) is 0.0714. The van der Waals surface area contributed by atoms with Crippen molar-refractivity contribution in [3.8, 4) is 11.4 Å². The first-order chi connectivity index (χ1) is 9.47. The number of imidazole rings is 1. The van der Waals surface area contributed by atoms with E-state index in [0.717, 1.165) is 6.07 Å². The van der Waals surface area contributed by atoms with Crippen molar-refractivity contribution in [2.45, 2.75) is 6.18 Å². The summed E-state index contributed by atoms with van der Waals surface area (Å²) < 4.78 is 52.4. The highest BCUT2D eigenvalue weighted by Crippen LogP contribution is 2.36. The lowest BCUT2D eigenvalue weighted by atomic mass is 10.1. The highest BCUT2D eigenvalue weighted by Gasteiger charge is 2.34. The maximum atomic E-state index is 13.5. The van der Waals surface area contributed by atoms with Crippen LogP contribution >= 0.6 is 0 Å². The predicted octanol–water partition coefficient (Wildman–Crippen LogP) is 4.39. The third-order valence-electron chi connectivity index (χ3n) is 2.95. The first kappa shape index (κ1) is 12.7. The molecule has 0 radical (unpaired) electrons. The summed E-state index contributed by atoms with van der Waals surface area (Å²) in [5.74, 6) is -0.576. The lowest BCUT2D eigenvalue weighted by molar-refractivity contribution is -0.137. The predicted molar refractivity (Wildman–Crippen MR) is 66.5 cm³/mol. The minimum atomic E-state index is -4.49. The van der Waals surface area contributed by atoms with Crippen molar-refractivity contribution in [2.24, 2.45) is 0 Å². The second kappa shape index (κ2) is 4.33. The van der Waals surface area contributed by atoms with Crippen molar-refractivity contribution in [1.29, 1.82) is 0 Å². The van der Waals surface area contributed by atoms with Crippen LogP contribution in [-0.4, -0.2) is 9.97 Å². The van der Waals surface area contributed by atoms with Crippen molar-refractivity contribution in [1.82, 2.24) is 9.97 Å². The lowest BCUT2D eigenvalue weighted by Crippen LogP contribution is -2.07. The molecule has 0 saturated carbocycles. The Morgan fingerprint density at radius 2 is 1.70 bits per heavy atom. The van der Waals surface area contributed by atoms with Gasteiger partial charge in [-0.25, -0.2) is 9.37 Å². The van der Waals surface area contributed by atoms with Crippen LogP contribution in [0.3, 0.4) is 0 Å². The molecule has 3 aromatic rings. The molecule has 0 aliphatic rings. The van der Waals surface area contributed by atoms with Gasteiger partial charge in [-0.1, -0.05) is 24.3 Å². The van der Waals surface area contributed by atoms with Crippen molar-refractivity contribution in [2.75, 3.05) is 0 Å². The summed E-state index contributed by atoms with van der Waals surface area (Å²) in [6.45, 7) is 0. The molecule has 102 valence electrons. The minimum Gasteiger partial charge on any atom is -0.338 e. The van der Waals surface area contributed by atoms with Crippen LogP contribution < -0.4 is 0 Å². The third kappa shape index (κ3) is 2.03. The number of fused-ring (bicyclic) bond motifs is 1. The van der Waals surface area contributed by atoms with Gasteiger partial charge in [-0.15, -0.1) is 0 Å². The van der Waals surface area contributed by atoms with Gasteiger partial charge in [-0.3, -0.25) is 0 Å². The van der Waals surface area contributed by atoms with Crippen LogP contribution in [0.2, 0.25) is 0 Å². The molecule has 0 saturated heterocycles. The Morgan fingerprint density at radius 3 is 2.40 bits per heavy atom. The van der Waals surface area contributed by atoms with E-state index in [1.165, 1.54) is 30.3 Å². The van der Waals surface area contributed by atoms with Gasteiger partial charge in [0.25, 0.3) is 0 Å². The van der Waals surface area contributed by atoms with E-state index in [0.29, 0.717) is 5.52 Å². The Hall–Kier alpha value is -2.37. The number of rotatable bonds is 1. The molecule has 1 heterocycles. The third-order valence-corrected chi connectivity index (χ3v) is 2.95. The molecule has 3 rings (SSSR count). The number of halogens is 4. The standard InChI is InChI=1S/C14H8F4N2/c15-10-6-3-7-11-12(10)20-13(19-11)8-4-1-2-5-9(8)14(16,17)18/h1-7H,(H,19,20). The highest BCUT2D eigenvalue weighted by atomic mass is 19.4. The normalized spacial score (nSPS) is 12.0. The summed E-state index contributed by atoms with van der Waals surface area (Å²) in [6.07, 6.45) is -4.49. The number of para-hydroxylation sites is 1. The highest BCUT2D eigenvalue weighted by molar-refractivity contribution is 5.80. The number of nitrogens with zero attached hydrogens (tertiary/aromatic N) is 1.